The maximum atomic E-state index is 12.5. The normalized spacial score (nSPS) is 23.7. The van der Waals surface area contributed by atoms with Gasteiger partial charge in [-0.2, -0.15) is 13.2 Å². The van der Waals surface area contributed by atoms with E-state index < -0.39 is 18.4 Å². The van der Waals surface area contributed by atoms with Crippen molar-refractivity contribution in [3.8, 4) is 0 Å². The number of nitrogens with zero attached hydrogens (tertiary/aromatic N) is 1. The van der Waals surface area contributed by atoms with Crippen LogP contribution in [0.5, 0.6) is 0 Å². The molecule has 1 aliphatic rings. The molecule has 1 aromatic carbocycles. The van der Waals surface area contributed by atoms with Crippen LogP contribution in [0.1, 0.15) is 17.5 Å². The molecule has 1 N–H and O–H groups in total. The Morgan fingerprint density at radius 2 is 1.94 bits per heavy atom. The standard InChI is InChI=1S/C11H9ClF3NO2/c12-6-7-1-3-8(4-2-7)9-5-10(17,18-16-9)11(13,14)15/h1-4,17H,5-6H2. The van der Waals surface area contributed by atoms with Crippen molar-refractivity contribution in [3.05, 3.63) is 35.4 Å². The summed E-state index contributed by atoms with van der Waals surface area (Å²) in [6, 6.07) is 6.52. The molecule has 1 atom stereocenters. The molecule has 0 saturated carbocycles. The van der Waals surface area contributed by atoms with E-state index in [2.05, 4.69) is 9.99 Å². The van der Waals surface area contributed by atoms with Gasteiger partial charge in [0, 0.05) is 5.88 Å². The van der Waals surface area contributed by atoms with E-state index in [-0.39, 0.29) is 5.71 Å². The van der Waals surface area contributed by atoms with Gasteiger partial charge < -0.3 is 9.94 Å². The first kappa shape index (κ1) is 13.2. The van der Waals surface area contributed by atoms with Crippen LogP contribution in [-0.4, -0.2) is 22.8 Å². The Balaban J connectivity index is 2.17. The molecule has 18 heavy (non-hydrogen) atoms. The van der Waals surface area contributed by atoms with Crippen molar-refractivity contribution in [2.24, 2.45) is 5.16 Å². The molecule has 98 valence electrons. The monoisotopic (exact) mass is 279 g/mol. The van der Waals surface area contributed by atoms with Crippen LogP contribution in [0.2, 0.25) is 0 Å². The summed E-state index contributed by atoms with van der Waals surface area (Å²) in [7, 11) is 0. The number of alkyl halides is 4. The molecule has 0 radical (unpaired) electrons. The van der Waals surface area contributed by atoms with E-state index in [9.17, 15) is 18.3 Å². The average molecular weight is 280 g/mol. The first-order chi connectivity index (χ1) is 8.36. The topological polar surface area (TPSA) is 41.8 Å². The van der Waals surface area contributed by atoms with Crippen molar-refractivity contribution in [2.75, 3.05) is 0 Å². The lowest BCUT2D eigenvalue weighted by atomic mass is 10.0. The Kier molecular flexibility index (Phi) is 3.25. The molecule has 1 heterocycles. The Hall–Kier alpha value is -1.27. The molecule has 0 amide bonds. The number of halogens is 4. The lowest BCUT2D eigenvalue weighted by Gasteiger charge is -2.22. The predicted molar refractivity (Wildman–Crippen MR) is 59.2 cm³/mol. The number of benzene rings is 1. The van der Waals surface area contributed by atoms with Crippen LogP contribution in [-0.2, 0) is 10.7 Å². The second-order valence-corrected chi connectivity index (χ2v) is 4.19. The van der Waals surface area contributed by atoms with Crippen molar-refractivity contribution < 1.29 is 23.1 Å². The highest BCUT2D eigenvalue weighted by molar-refractivity contribution is 6.17. The molecule has 1 aromatic rings. The molecule has 0 fully saturated rings. The van der Waals surface area contributed by atoms with Crippen LogP contribution in [0.25, 0.3) is 0 Å². The zero-order valence-electron chi connectivity index (χ0n) is 9.04. The fraction of sp³-hybridized carbons (Fsp3) is 0.364. The molecule has 0 spiro atoms. The molecule has 2 rings (SSSR count). The molecule has 0 aromatic heterocycles. The van der Waals surface area contributed by atoms with Crippen LogP contribution < -0.4 is 0 Å². The summed E-state index contributed by atoms with van der Waals surface area (Å²) in [4.78, 5) is 4.12. The van der Waals surface area contributed by atoms with Gasteiger partial charge in [-0.15, -0.1) is 11.6 Å². The maximum absolute atomic E-state index is 12.5. The predicted octanol–water partition coefficient (Wildman–Crippen LogP) is 2.80. The summed E-state index contributed by atoms with van der Waals surface area (Å²) < 4.78 is 37.5. The highest BCUT2D eigenvalue weighted by atomic mass is 35.5. The minimum Gasteiger partial charge on any atom is -0.350 e. The highest BCUT2D eigenvalue weighted by Crippen LogP contribution is 2.38. The largest absolute Gasteiger partial charge is 0.458 e. The third kappa shape index (κ3) is 2.30. The van der Waals surface area contributed by atoms with Gasteiger partial charge in [0.25, 0.3) is 0 Å². The van der Waals surface area contributed by atoms with E-state index in [1.54, 1.807) is 24.3 Å². The fourth-order valence-electron chi connectivity index (χ4n) is 1.52. The molecule has 0 aliphatic carbocycles. The van der Waals surface area contributed by atoms with Gasteiger partial charge in [-0.3, -0.25) is 0 Å². The highest BCUT2D eigenvalue weighted by Gasteiger charge is 2.60. The Morgan fingerprint density at radius 1 is 1.33 bits per heavy atom. The molecular weight excluding hydrogens is 271 g/mol. The summed E-state index contributed by atoms with van der Waals surface area (Å²) in [5, 5.41) is 12.6. The number of hydrogen-bond acceptors (Lipinski definition) is 3. The fourth-order valence-corrected chi connectivity index (χ4v) is 1.69. The van der Waals surface area contributed by atoms with Gasteiger partial charge in [0.15, 0.2) is 0 Å². The maximum Gasteiger partial charge on any atom is 0.458 e. The molecule has 0 saturated heterocycles. The Labute approximate surface area is 106 Å². The smallest absolute Gasteiger partial charge is 0.350 e. The van der Waals surface area contributed by atoms with E-state index in [4.69, 9.17) is 11.6 Å². The molecule has 1 unspecified atom stereocenters. The van der Waals surface area contributed by atoms with Crippen LogP contribution in [0.3, 0.4) is 0 Å². The molecule has 3 nitrogen and oxygen atoms in total. The molecule has 1 aliphatic heterocycles. The minimum atomic E-state index is -4.88. The van der Waals surface area contributed by atoms with Crippen LogP contribution in [0.4, 0.5) is 13.2 Å². The first-order valence-electron chi connectivity index (χ1n) is 5.05. The van der Waals surface area contributed by atoms with Crippen LogP contribution >= 0.6 is 11.6 Å². The Morgan fingerprint density at radius 3 is 2.39 bits per heavy atom. The molecule has 7 heteroatoms. The van der Waals surface area contributed by atoms with Gasteiger partial charge in [0.2, 0.25) is 0 Å². The van der Waals surface area contributed by atoms with Gasteiger partial charge in [-0.25, -0.2) is 0 Å². The summed E-state index contributed by atoms with van der Waals surface area (Å²) >= 11 is 5.60. The third-order valence-electron chi connectivity index (χ3n) is 2.60. The van der Waals surface area contributed by atoms with Crippen molar-refractivity contribution in [1.29, 1.82) is 0 Å². The van der Waals surface area contributed by atoms with E-state index in [1.165, 1.54) is 0 Å². The summed E-state index contributed by atoms with van der Waals surface area (Å²) in [5.74, 6) is -2.91. The van der Waals surface area contributed by atoms with Crippen molar-refractivity contribution in [2.45, 2.75) is 24.3 Å². The second-order valence-electron chi connectivity index (χ2n) is 3.92. The number of aliphatic hydroxyl groups is 1. The minimum absolute atomic E-state index is 0.0518. The van der Waals surface area contributed by atoms with Gasteiger partial charge in [0.1, 0.15) is 0 Å². The van der Waals surface area contributed by atoms with E-state index in [1.807, 2.05) is 0 Å². The van der Waals surface area contributed by atoms with Gasteiger partial charge in [-0.05, 0) is 11.1 Å². The summed E-state index contributed by atoms with van der Waals surface area (Å²) in [6.45, 7) is 0. The SMILES string of the molecule is OC1(C(F)(F)F)CC(c2ccc(CCl)cc2)=NO1. The number of rotatable bonds is 2. The van der Waals surface area contributed by atoms with E-state index in [0.717, 1.165) is 5.56 Å². The lowest BCUT2D eigenvalue weighted by Crippen LogP contribution is -2.45. The molecule has 0 bridgehead atoms. The first-order valence-corrected chi connectivity index (χ1v) is 5.58. The Bertz CT molecular complexity index is 472. The van der Waals surface area contributed by atoms with Crippen LogP contribution in [0.15, 0.2) is 29.4 Å². The zero-order valence-corrected chi connectivity index (χ0v) is 9.79. The van der Waals surface area contributed by atoms with E-state index >= 15 is 0 Å². The molecular formula is C11H9ClF3NO2. The van der Waals surface area contributed by atoms with E-state index in [0.29, 0.717) is 11.4 Å². The van der Waals surface area contributed by atoms with Gasteiger partial charge in [0.05, 0.1) is 12.1 Å². The number of hydrogen-bond donors (Lipinski definition) is 1. The van der Waals surface area contributed by atoms with Crippen molar-refractivity contribution in [3.63, 3.8) is 0 Å². The quantitative estimate of drug-likeness (QED) is 0.846. The van der Waals surface area contributed by atoms with Gasteiger partial charge in [-0.1, -0.05) is 29.4 Å². The van der Waals surface area contributed by atoms with Crippen molar-refractivity contribution in [1.82, 2.24) is 0 Å². The second kappa shape index (κ2) is 4.44. The summed E-state index contributed by atoms with van der Waals surface area (Å²) in [6.07, 6.45) is -5.61. The van der Waals surface area contributed by atoms with Crippen LogP contribution in [0, 0.1) is 0 Å². The number of oxime groups is 1. The average Bonchev–Trinajstić information content (AvgIpc) is 2.73. The third-order valence-corrected chi connectivity index (χ3v) is 2.91. The van der Waals surface area contributed by atoms with Gasteiger partial charge >= 0.3 is 12.0 Å². The zero-order chi connectivity index (χ0) is 13.4. The summed E-state index contributed by atoms with van der Waals surface area (Å²) in [5.41, 5.74) is 1.35. The van der Waals surface area contributed by atoms with Crippen molar-refractivity contribution >= 4 is 17.3 Å². The lowest BCUT2D eigenvalue weighted by molar-refractivity contribution is -0.355.